The molecule has 2 aliphatic carbocycles. The van der Waals surface area contributed by atoms with Gasteiger partial charge in [-0.2, -0.15) is 0 Å². The molecule has 2 fully saturated rings. The molecule has 2 aromatic rings. The van der Waals surface area contributed by atoms with E-state index in [0.717, 1.165) is 30.8 Å². The molecule has 2 nitrogen and oxygen atoms in total. The van der Waals surface area contributed by atoms with Crippen molar-refractivity contribution in [3.8, 4) is 0 Å². The zero-order valence-electron chi connectivity index (χ0n) is 18.1. The van der Waals surface area contributed by atoms with Crippen LogP contribution in [0, 0.1) is 18.8 Å². The molecular weight excluding hydrogens is 352 g/mol. The lowest BCUT2D eigenvalue weighted by Crippen LogP contribution is -2.30. The van der Waals surface area contributed by atoms with Crippen molar-refractivity contribution in [3.05, 3.63) is 70.8 Å². The molecule has 0 amide bonds. The van der Waals surface area contributed by atoms with Gasteiger partial charge in [0.1, 0.15) is 0 Å². The summed E-state index contributed by atoms with van der Waals surface area (Å²) in [5, 5.41) is 7.49. The van der Waals surface area contributed by atoms with Crippen molar-refractivity contribution in [3.63, 3.8) is 0 Å². The fourth-order valence-electron chi connectivity index (χ4n) is 5.08. The van der Waals surface area contributed by atoms with Gasteiger partial charge >= 0.3 is 0 Å². The number of nitrogens with one attached hydrogen (secondary N) is 2. The molecular formula is C27H38N2. The van der Waals surface area contributed by atoms with Crippen LogP contribution in [0.1, 0.15) is 73.1 Å². The van der Waals surface area contributed by atoms with Crippen molar-refractivity contribution in [2.24, 2.45) is 11.8 Å². The minimum Gasteiger partial charge on any atom is -0.312 e. The van der Waals surface area contributed by atoms with Crippen molar-refractivity contribution in [2.45, 2.75) is 70.9 Å². The molecule has 0 aromatic heterocycles. The SMILES string of the molecule is Cc1ccccc1CNCC1CCC(CNCc2ccccc2C2CCC2)CC1. The van der Waals surface area contributed by atoms with E-state index in [1.807, 2.05) is 0 Å². The molecule has 0 spiro atoms. The Labute approximate surface area is 177 Å². The van der Waals surface area contributed by atoms with E-state index in [4.69, 9.17) is 0 Å². The van der Waals surface area contributed by atoms with Crippen LogP contribution in [0.2, 0.25) is 0 Å². The molecule has 2 aliphatic rings. The van der Waals surface area contributed by atoms with Crippen LogP contribution in [-0.2, 0) is 13.1 Å². The van der Waals surface area contributed by atoms with Crippen molar-refractivity contribution >= 4 is 0 Å². The summed E-state index contributed by atoms with van der Waals surface area (Å²) in [5.74, 6) is 2.55. The van der Waals surface area contributed by atoms with E-state index in [9.17, 15) is 0 Å². The molecule has 0 unspecified atom stereocenters. The van der Waals surface area contributed by atoms with Gasteiger partial charge in [0.25, 0.3) is 0 Å². The monoisotopic (exact) mass is 390 g/mol. The first-order valence-electron chi connectivity index (χ1n) is 11.8. The molecule has 2 aromatic carbocycles. The standard InChI is InChI=1S/C27H38N2/c1-21-7-2-3-8-25(21)19-28-17-22-13-15-23(16-14-22)18-29-20-26-9-4-5-12-27(26)24-10-6-11-24/h2-5,7-9,12,22-24,28-29H,6,10-11,13-20H2,1H3. The topological polar surface area (TPSA) is 24.1 Å². The summed E-state index contributed by atoms with van der Waals surface area (Å²) in [6.45, 7) is 6.62. The van der Waals surface area contributed by atoms with Crippen LogP contribution in [0.5, 0.6) is 0 Å². The minimum atomic E-state index is 0.829. The predicted molar refractivity (Wildman–Crippen MR) is 123 cm³/mol. The minimum absolute atomic E-state index is 0.829. The molecule has 2 saturated carbocycles. The number of aryl methyl sites for hydroxylation is 1. The molecule has 4 rings (SSSR count). The van der Waals surface area contributed by atoms with Gasteiger partial charge in [-0.05, 0) is 98.5 Å². The van der Waals surface area contributed by atoms with Gasteiger partial charge < -0.3 is 10.6 Å². The van der Waals surface area contributed by atoms with Crippen LogP contribution in [0.4, 0.5) is 0 Å². The molecule has 0 aliphatic heterocycles. The van der Waals surface area contributed by atoms with Crippen LogP contribution < -0.4 is 10.6 Å². The molecule has 0 bridgehead atoms. The van der Waals surface area contributed by atoms with Gasteiger partial charge in [0.05, 0.1) is 0 Å². The fourth-order valence-corrected chi connectivity index (χ4v) is 5.08. The first-order chi connectivity index (χ1) is 14.3. The summed E-state index contributed by atoms with van der Waals surface area (Å²) >= 11 is 0. The van der Waals surface area contributed by atoms with Crippen molar-refractivity contribution in [1.82, 2.24) is 10.6 Å². The lowest BCUT2D eigenvalue weighted by atomic mass is 9.78. The average molecular weight is 391 g/mol. The summed E-state index contributed by atoms with van der Waals surface area (Å²) in [5.41, 5.74) is 5.97. The third-order valence-corrected chi connectivity index (χ3v) is 7.32. The maximum Gasteiger partial charge on any atom is 0.0208 e. The van der Waals surface area contributed by atoms with E-state index in [1.54, 1.807) is 5.56 Å². The summed E-state index contributed by atoms with van der Waals surface area (Å²) in [6.07, 6.45) is 9.72. The Morgan fingerprint density at radius 3 is 1.83 bits per heavy atom. The summed E-state index contributed by atoms with van der Waals surface area (Å²) in [7, 11) is 0. The van der Waals surface area contributed by atoms with Crippen molar-refractivity contribution < 1.29 is 0 Å². The summed E-state index contributed by atoms with van der Waals surface area (Å²) in [6, 6.07) is 17.8. The number of benzene rings is 2. The van der Waals surface area contributed by atoms with E-state index >= 15 is 0 Å². The molecule has 29 heavy (non-hydrogen) atoms. The van der Waals surface area contributed by atoms with Crippen LogP contribution in [-0.4, -0.2) is 13.1 Å². The second-order valence-corrected chi connectivity index (χ2v) is 9.40. The highest BCUT2D eigenvalue weighted by molar-refractivity contribution is 5.31. The first-order valence-corrected chi connectivity index (χ1v) is 11.8. The largest absolute Gasteiger partial charge is 0.312 e. The molecule has 2 N–H and O–H groups in total. The van der Waals surface area contributed by atoms with Crippen LogP contribution in [0.3, 0.4) is 0 Å². The predicted octanol–water partition coefficient (Wildman–Crippen LogP) is 5.95. The van der Waals surface area contributed by atoms with Gasteiger partial charge in [-0.25, -0.2) is 0 Å². The zero-order chi connectivity index (χ0) is 19.9. The Morgan fingerprint density at radius 1 is 0.690 bits per heavy atom. The van der Waals surface area contributed by atoms with Crippen LogP contribution >= 0.6 is 0 Å². The van der Waals surface area contributed by atoms with E-state index in [2.05, 4.69) is 66.1 Å². The number of rotatable bonds is 9. The maximum atomic E-state index is 3.78. The number of hydrogen-bond donors (Lipinski definition) is 2. The molecule has 156 valence electrons. The smallest absolute Gasteiger partial charge is 0.0208 e. The van der Waals surface area contributed by atoms with Crippen LogP contribution in [0.15, 0.2) is 48.5 Å². The van der Waals surface area contributed by atoms with Gasteiger partial charge in [-0.15, -0.1) is 0 Å². The normalized spacial score (nSPS) is 22.4. The highest BCUT2D eigenvalue weighted by Crippen LogP contribution is 2.38. The summed E-state index contributed by atoms with van der Waals surface area (Å²) in [4.78, 5) is 0. The zero-order valence-corrected chi connectivity index (χ0v) is 18.1. The molecule has 2 heteroatoms. The van der Waals surface area contributed by atoms with Crippen LogP contribution in [0.25, 0.3) is 0 Å². The Kier molecular flexibility index (Phi) is 7.40. The second kappa shape index (κ2) is 10.4. The van der Waals surface area contributed by atoms with Crippen molar-refractivity contribution in [1.29, 1.82) is 0 Å². The van der Waals surface area contributed by atoms with Crippen molar-refractivity contribution in [2.75, 3.05) is 13.1 Å². The fraction of sp³-hybridized carbons (Fsp3) is 0.556. The Hall–Kier alpha value is -1.64. The lowest BCUT2D eigenvalue weighted by molar-refractivity contribution is 0.260. The van der Waals surface area contributed by atoms with E-state index < -0.39 is 0 Å². The van der Waals surface area contributed by atoms with Gasteiger partial charge in [0.15, 0.2) is 0 Å². The molecule has 0 heterocycles. The summed E-state index contributed by atoms with van der Waals surface area (Å²) < 4.78 is 0. The molecule has 0 radical (unpaired) electrons. The maximum absolute atomic E-state index is 3.78. The molecule has 0 atom stereocenters. The van der Waals surface area contributed by atoms with Gasteiger partial charge in [0, 0.05) is 13.1 Å². The van der Waals surface area contributed by atoms with Gasteiger partial charge in [-0.3, -0.25) is 0 Å². The third-order valence-electron chi connectivity index (χ3n) is 7.32. The van der Waals surface area contributed by atoms with Gasteiger partial charge in [0.2, 0.25) is 0 Å². The third kappa shape index (κ3) is 5.71. The Bertz CT molecular complexity index is 757. The van der Waals surface area contributed by atoms with Gasteiger partial charge in [-0.1, -0.05) is 55.0 Å². The second-order valence-electron chi connectivity index (χ2n) is 9.40. The quantitative estimate of drug-likeness (QED) is 0.553. The average Bonchev–Trinajstić information content (AvgIpc) is 2.71. The number of hydrogen-bond acceptors (Lipinski definition) is 2. The van der Waals surface area contributed by atoms with E-state index in [0.29, 0.717) is 0 Å². The Balaban J connectivity index is 1.13. The highest BCUT2D eigenvalue weighted by atomic mass is 14.9. The lowest BCUT2D eigenvalue weighted by Gasteiger charge is -2.30. The van der Waals surface area contributed by atoms with E-state index in [-0.39, 0.29) is 0 Å². The first kappa shape index (κ1) is 20.6. The highest BCUT2D eigenvalue weighted by Gasteiger charge is 2.23. The van der Waals surface area contributed by atoms with E-state index in [1.165, 1.54) is 74.7 Å². The Morgan fingerprint density at radius 2 is 1.24 bits per heavy atom. The molecule has 0 saturated heterocycles.